The molecule has 0 aromatic heterocycles. The summed E-state index contributed by atoms with van der Waals surface area (Å²) in [5.41, 5.74) is 2.17. The van der Waals surface area contributed by atoms with Gasteiger partial charge in [0, 0.05) is 0 Å². The van der Waals surface area contributed by atoms with Gasteiger partial charge in [0.15, 0.2) is 9.84 Å². The number of sulfone groups is 1. The summed E-state index contributed by atoms with van der Waals surface area (Å²) in [4.78, 5) is -0.205. The van der Waals surface area contributed by atoms with E-state index in [9.17, 15) is 18.8 Å². The van der Waals surface area contributed by atoms with Crippen LogP contribution in [0, 0.1) is 11.3 Å². The van der Waals surface area contributed by atoms with Crippen LogP contribution < -0.4 is 0 Å². The second-order valence-corrected chi connectivity index (χ2v) is 9.43. The molecule has 0 atom stereocenters. The largest absolute Gasteiger partial charge is 0.507 e. The van der Waals surface area contributed by atoms with E-state index in [1.165, 1.54) is 6.08 Å². The Hall–Kier alpha value is -1.80. The fourth-order valence-corrected chi connectivity index (χ4v) is 4.10. The molecule has 1 aromatic carbocycles. The Labute approximate surface area is 158 Å². The van der Waals surface area contributed by atoms with Gasteiger partial charge < -0.3 is 5.11 Å². The lowest BCUT2D eigenvalue weighted by molar-refractivity contribution is 0.454. The van der Waals surface area contributed by atoms with Crippen LogP contribution in [0.25, 0.3) is 6.08 Å². The van der Waals surface area contributed by atoms with E-state index in [0.717, 1.165) is 30.4 Å². The highest BCUT2D eigenvalue weighted by atomic mass is 32.2. The zero-order chi connectivity index (χ0) is 19.9. The molecule has 0 heterocycles. The third-order valence-corrected chi connectivity index (χ3v) is 6.15. The molecule has 1 N–H and O–H groups in total. The molecule has 26 heavy (non-hydrogen) atoms. The van der Waals surface area contributed by atoms with E-state index < -0.39 is 9.84 Å². The van der Waals surface area contributed by atoms with Crippen molar-refractivity contribution in [1.29, 1.82) is 5.26 Å². The van der Waals surface area contributed by atoms with Crippen molar-refractivity contribution in [3.8, 4) is 11.8 Å². The van der Waals surface area contributed by atoms with Crippen LogP contribution in [0.4, 0.5) is 0 Å². The first kappa shape index (κ1) is 22.2. The Morgan fingerprint density at radius 3 is 2.08 bits per heavy atom. The quantitative estimate of drug-likeness (QED) is 0.455. The first-order valence-corrected chi connectivity index (χ1v) is 11.0. The maximum absolute atomic E-state index is 12.5. The van der Waals surface area contributed by atoms with Gasteiger partial charge in [0.2, 0.25) is 0 Å². The zero-order valence-electron chi connectivity index (χ0n) is 16.5. The van der Waals surface area contributed by atoms with Gasteiger partial charge in [-0.3, -0.25) is 0 Å². The van der Waals surface area contributed by atoms with E-state index in [4.69, 9.17) is 0 Å². The summed E-state index contributed by atoms with van der Waals surface area (Å²) in [6.07, 6.45) is 4.88. The molecular formula is C21H31NO3S. The molecule has 0 unspecified atom stereocenters. The van der Waals surface area contributed by atoms with Gasteiger partial charge in [-0.05, 0) is 53.2 Å². The lowest BCUT2D eigenvalue weighted by atomic mass is 9.91. The van der Waals surface area contributed by atoms with Gasteiger partial charge in [0.25, 0.3) is 0 Å². The van der Waals surface area contributed by atoms with Crippen molar-refractivity contribution in [2.75, 3.05) is 5.75 Å². The minimum absolute atomic E-state index is 0.00144. The normalized spacial score (nSPS) is 12.6. The van der Waals surface area contributed by atoms with Crippen molar-refractivity contribution >= 4 is 15.9 Å². The van der Waals surface area contributed by atoms with E-state index in [0.29, 0.717) is 12.0 Å². The number of hydrogen-bond donors (Lipinski definition) is 1. The Morgan fingerprint density at radius 2 is 1.65 bits per heavy atom. The van der Waals surface area contributed by atoms with Gasteiger partial charge in [0.1, 0.15) is 16.7 Å². The highest BCUT2D eigenvalue weighted by molar-refractivity contribution is 7.95. The minimum Gasteiger partial charge on any atom is -0.507 e. The molecule has 144 valence electrons. The van der Waals surface area contributed by atoms with Crippen LogP contribution in [-0.2, 0) is 9.84 Å². The second kappa shape index (κ2) is 9.78. The predicted octanol–water partition coefficient (Wildman–Crippen LogP) is 5.50. The van der Waals surface area contributed by atoms with E-state index in [-0.39, 0.29) is 28.2 Å². The van der Waals surface area contributed by atoms with Crippen LogP contribution in [0.15, 0.2) is 17.0 Å². The highest BCUT2D eigenvalue weighted by Crippen LogP contribution is 2.35. The van der Waals surface area contributed by atoms with E-state index in [2.05, 4.69) is 6.92 Å². The number of phenols is 1. The summed E-state index contributed by atoms with van der Waals surface area (Å²) in [5, 5.41) is 19.9. The zero-order valence-corrected chi connectivity index (χ0v) is 17.4. The third-order valence-electron chi connectivity index (χ3n) is 4.44. The maximum Gasteiger partial charge on any atom is 0.188 e. The van der Waals surface area contributed by atoms with Crippen LogP contribution in [-0.4, -0.2) is 19.3 Å². The summed E-state index contributed by atoms with van der Waals surface area (Å²) in [6, 6.07) is 5.40. The molecule has 0 amide bonds. The summed E-state index contributed by atoms with van der Waals surface area (Å²) in [6.45, 7) is 9.97. The SMILES string of the molecule is CCCCCCS(=O)(=O)/C(C#N)=C\c1cc(C(C)C)c(O)c(C(C)C)c1. The Morgan fingerprint density at radius 1 is 1.12 bits per heavy atom. The standard InChI is InChI=1S/C21H31NO3S/c1-6-7-8-9-10-26(24,25)18(14-22)11-17-12-19(15(2)3)21(23)20(13-17)16(4)5/h11-13,15-16,23H,6-10H2,1-5H3/b18-11-. The topological polar surface area (TPSA) is 78.2 Å². The van der Waals surface area contributed by atoms with Gasteiger partial charge in [-0.15, -0.1) is 0 Å². The summed E-state index contributed by atoms with van der Waals surface area (Å²) in [7, 11) is -3.59. The van der Waals surface area contributed by atoms with Crippen molar-refractivity contribution < 1.29 is 13.5 Å². The fourth-order valence-electron chi connectivity index (χ4n) is 2.84. The van der Waals surface area contributed by atoms with Crippen molar-refractivity contribution in [3.63, 3.8) is 0 Å². The number of nitriles is 1. The number of rotatable bonds is 9. The molecule has 4 nitrogen and oxygen atoms in total. The molecule has 1 rings (SSSR count). The van der Waals surface area contributed by atoms with Crippen molar-refractivity contribution in [2.24, 2.45) is 0 Å². The molecule has 0 aliphatic rings. The van der Waals surface area contributed by atoms with E-state index >= 15 is 0 Å². The number of hydrogen-bond acceptors (Lipinski definition) is 4. The average molecular weight is 378 g/mol. The number of phenolic OH excluding ortho intramolecular Hbond substituents is 1. The Kier molecular flexibility index (Phi) is 8.36. The first-order chi connectivity index (χ1) is 12.1. The molecule has 1 aromatic rings. The summed E-state index contributed by atoms with van der Waals surface area (Å²) in [5.74, 6) is 0.445. The molecule has 0 saturated heterocycles. The van der Waals surface area contributed by atoms with E-state index in [1.807, 2.05) is 33.8 Å². The van der Waals surface area contributed by atoms with Crippen LogP contribution in [0.1, 0.15) is 88.8 Å². The Balaban J connectivity index is 3.29. The highest BCUT2D eigenvalue weighted by Gasteiger charge is 2.19. The van der Waals surface area contributed by atoms with Crippen LogP contribution in [0.2, 0.25) is 0 Å². The lowest BCUT2D eigenvalue weighted by Gasteiger charge is -2.16. The van der Waals surface area contributed by atoms with Gasteiger partial charge in [0.05, 0.1) is 5.75 Å². The summed E-state index contributed by atoms with van der Waals surface area (Å²) < 4.78 is 25.0. The van der Waals surface area contributed by atoms with Crippen molar-refractivity contribution in [1.82, 2.24) is 0 Å². The molecule has 0 aliphatic heterocycles. The third kappa shape index (κ3) is 5.88. The lowest BCUT2D eigenvalue weighted by Crippen LogP contribution is -2.08. The van der Waals surface area contributed by atoms with Gasteiger partial charge in [-0.25, -0.2) is 8.42 Å². The number of allylic oxidation sites excluding steroid dienone is 1. The molecule has 0 spiro atoms. The second-order valence-electron chi connectivity index (χ2n) is 7.36. The minimum atomic E-state index is -3.59. The number of unbranched alkanes of at least 4 members (excludes halogenated alkanes) is 3. The van der Waals surface area contributed by atoms with Gasteiger partial charge in [-0.1, -0.05) is 53.9 Å². The predicted molar refractivity (Wildman–Crippen MR) is 108 cm³/mol. The molecular weight excluding hydrogens is 346 g/mol. The van der Waals surface area contributed by atoms with E-state index in [1.54, 1.807) is 12.1 Å². The molecule has 0 bridgehead atoms. The van der Waals surface area contributed by atoms with Gasteiger partial charge in [-0.2, -0.15) is 5.26 Å². The Bertz CT molecular complexity index is 755. The van der Waals surface area contributed by atoms with Crippen LogP contribution in [0.3, 0.4) is 0 Å². The number of aromatic hydroxyl groups is 1. The molecule has 0 saturated carbocycles. The number of nitrogens with zero attached hydrogens (tertiary/aromatic N) is 1. The molecule has 0 aliphatic carbocycles. The smallest absolute Gasteiger partial charge is 0.188 e. The average Bonchev–Trinajstić information content (AvgIpc) is 2.56. The van der Waals surface area contributed by atoms with Crippen molar-refractivity contribution in [3.05, 3.63) is 33.7 Å². The molecule has 0 fully saturated rings. The maximum atomic E-state index is 12.5. The summed E-state index contributed by atoms with van der Waals surface area (Å²) >= 11 is 0. The number of benzene rings is 1. The van der Waals surface area contributed by atoms with Crippen LogP contribution >= 0.6 is 0 Å². The fraction of sp³-hybridized carbons (Fsp3) is 0.571. The van der Waals surface area contributed by atoms with Crippen LogP contribution in [0.5, 0.6) is 5.75 Å². The monoisotopic (exact) mass is 377 g/mol. The molecule has 0 radical (unpaired) electrons. The van der Waals surface area contributed by atoms with Crippen molar-refractivity contribution in [2.45, 2.75) is 72.1 Å². The first-order valence-electron chi connectivity index (χ1n) is 9.35. The van der Waals surface area contributed by atoms with Gasteiger partial charge >= 0.3 is 0 Å². The molecule has 5 heteroatoms.